The second kappa shape index (κ2) is 5.79. The number of primary amides is 1. The summed E-state index contributed by atoms with van der Waals surface area (Å²) in [6.07, 6.45) is 1.27. The van der Waals surface area contributed by atoms with Gasteiger partial charge in [-0.05, 0) is 5.41 Å². The molecule has 0 aromatic carbocycles. The summed E-state index contributed by atoms with van der Waals surface area (Å²) in [5.74, 6) is 9.14. The smallest absolute Gasteiger partial charge is 0.343 e. The van der Waals surface area contributed by atoms with Crippen molar-refractivity contribution in [1.82, 2.24) is 5.12 Å². The Morgan fingerprint density at radius 2 is 1.50 bits per heavy atom. The third-order valence-corrected chi connectivity index (χ3v) is 1.32. The van der Waals surface area contributed by atoms with E-state index in [4.69, 9.17) is 0 Å². The van der Waals surface area contributed by atoms with E-state index in [-0.39, 0.29) is 0 Å². The molecule has 0 spiro atoms. The minimum atomic E-state index is -0.852. The molecule has 0 saturated heterocycles. The summed E-state index contributed by atoms with van der Waals surface area (Å²) in [5.41, 5.74) is 5.01. The van der Waals surface area contributed by atoms with Crippen LogP contribution in [0.3, 0.4) is 0 Å². The standard InChI is InChI=1S/C6H14.CH6N4O/c1-5-6(2,3)4;2-1(6)5(3)4/h5H2,1-4H3;3-4H2,(H2,2,6). The average molecular weight is 176 g/mol. The quantitative estimate of drug-likeness (QED) is 0.285. The minimum absolute atomic E-state index is 0.306. The van der Waals surface area contributed by atoms with E-state index in [0.717, 1.165) is 0 Å². The summed E-state index contributed by atoms with van der Waals surface area (Å²) in [7, 11) is 0. The lowest BCUT2D eigenvalue weighted by Crippen LogP contribution is -2.46. The Balaban J connectivity index is 0. The van der Waals surface area contributed by atoms with Crippen molar-refractivity contribution in [2.75, 3.05) is 0 Å². The summed E-state index contributed by atoms with van der Waals surface area (Å²) in [5, 5.41) is 0.306. The maximum Gasteiger partial charge on any atom is 0.343 e. The van der Waals surface area contributed by atoms with Crippen LogP contribution in [0, 0.1) is 5.41 Å². The van der Waals surface area contributed by atoms with E-state index in [9.17, 15) is 4.79 Å². The number of carbonyl (C=O) groups excluding carboxylic acids is 1. The lowest BCUT2D eigenvalue weighted by atomic mass is 9.94. The molecule has 2 amide bonds. The summed E-state index contributed by atoms with van der Waals surface area (Å²) < 4.78 is 0. The van der Waals surface area contributed by atoms with Gasteiger partial charge < -0.3 is 5.73 Å². The van der Waals surface area contributed by atoms with Gasteiger partial charge in [-0.15, -0.1) is 0 Å². The molecular formula is C7H20N4O. The van der Waals surface area contributed by atoms with E-state index in [0.29, 0.717) is 10.5 Å². The fourth-order valence-corrected chi connectivity index (χ4v) is 0. The topological polar surface area (TPSA) is 98.4 Å². The van der Waals surface area contributed by atoms with Crippen molar-refractivity contribution in [2.24, 2.45) is 22.8 Å². The number of carbonyl (C=O) groups is 1. The van der Waals surface area contributed by atoms with E-state index in [1.165, 1.54) is 6.42 Å². The zero-order chi connectivity index (χ0) is 10.4. The maximum absolute atomic E-state index is 9.60. The normalized spacial score (nSPS) is 9.83. The number of rotatable bonds is 0. The fraction of sp³-hybridized carbons (Fsp3) is 0.857. The molecule has 0 rings (SSSR count). The van der Waals surface area contributed by atoms with Gasteiger partial charge in [0, 0.05) is 0 Å². The number of nitrogens with zero attached hydrogens (tertiary/aromatic N) is 1. The third-order valence-electron chi connectivity index (χ3n) is 1.32. The zero-order valence-corrected chi connectivity index (χ0v) is 8.29. The second-order valence-corrected chi connectivity index (χ2v) is 3.66. The highest BCUT2D eigenvalue weighted by molar-refractivity contribution is 5.70. The fourth-order valence-electron chi connectivity index (χ4n) is 0. The predicted octanol–water partition coefficient (Wildman–Crippen LogP) is 0.557. The van der Waals surface area contributed by atoms with Crippen LogP contribution in [0.15, 0.2) is 0 Å². The predicted molar refractivity (Wildman–Crippen MR) is 49.5 cm³/mol. The largest absolute Gasteiger partial charge is 0.349 e. The molecule has 0 aliphatic rings. The summed E-state index contributed by atoms with van der Waals surface area (Å²) in [6, 6.07) is -0.852. The first-order chi connectivity index (χ1) is 5.20. The molecule has 0 heterocycles. The highest BCUT2D eigenvalue weighted by Crippen LogP contribution is 2.16. The van der Waals surface area contributed by atoms with Crippen molar-refractivity contribution >= 4 is 6.03 Å². The van der Waals surface area contributed by atoms with Gasteiger partial charge in [0.2, 0.25) is 0 Å². The van der Waals surface area contributed by atoms with Crippen molar-refractivity contribution < 1.29 is 4.79 Å². The number of hydrazine groups is 2. The number of amides is 2. The highest BCUT2D eigenvalue weighted by atomic mass is 16.2. The van der Waals surface area contributed by atoms with Gasteiger partial charge in [0.15, 0.2) is 0 Å². The van der Waals surface area contributed by atoms with Crippen LogP contribution in [0.1, 0.15) is 34.1 Å². The van der Waals surface area contributed by atoms with Crippen LogP contribution in [0.2, 0.25) is 0 Å². The minimum Gasteiger partial charge on any atom is -0.349 e. The zero-order valence-electron chi connectivity index (χ0n) is 8.29. The van der Waals surface area contributed by atoms with Crippen molar-refractivity contribution in [3.63, 3.8) is 0 Å². The molecule has 0 bridgehead atoms. The van der Waals surface area contributed by atoms with E-state index < -0.39 is 6.03 Å². The van der Waals surface area contributed by atoms with Gasteiger partial charge in [0.25, 0.3) is 0 Å². The summed E-state index contributed by atoms with van der Waals surface area (Å²) >= 11 is 0. The Morgan fingerprint density at radius 3 is 1.50 bits per heavy atom. The Hall–Kier alpha value is -0.810. The average Bonchev–Trinajstić information content (AvgIpc) is 1.87. The molecule has 0 aromatic rings. The molecule has 0 aliphatic heterocycles. The molecule has 0 saturated carbocycles. The number of hydrogen-bond acceptors (Lipinski definition) is 3. The molecule has 6 N–H and O–H groups in total. The van der Waals surface area contributed by atoms with Crippen LogP contribution < -0.4 is 17.4 Å². The number of nitrogens with two attached hydrogens (primary N) is 3. The van der Waals surface area contributed by atoms with Crippen LogP contribution in [0.4, 0.5) is 4.79 Å². The molecular weight excluding hydrogens is 156 g/mol. The first-order valence-corrected chi connectivity index (χ1v) is 3.79. The molecule has 0 aliphatic carbocycles. The lowest BCUT2D eigenvalue weighted by Gasteiger charge is -2.12. The van der Waals surface area contributed by atoms with E-state index in [2.05, 4.69) is 45.1 Å². The van der Waals surface area contributed by atoms with Gasteiger partial charge in [0.05, 0.1) is 0 Å². The third kappa shape index (κ3) is 16.1. The molecule has 12 heavy (non-hydrogen) atoms. The Labute approximate surface area is 73.8 Å². The van der Waals surface area contributed by atoms with Crippen molar-refractivity contribution in [2.45, 2.75) is 34.1 Å². The van der Waals surface area contributed by atoms with Crippen LogP contribution in [0.5, 0.6) is 0 Å². The number of urea groups is 1. The molecule has 74 valence electrons. The molecule has 0 unspecified atom stereocenters. The summed E-state index contributed by atoms with van der Waals surface area (Å²) in [4.78, 5) is 9.60. The molecule has 0 fully saturated rings. The molecule has 5 heteroatoms. The van der Waals surface area contributed by atoms with Gasteiger partial charge in [-0.3, -0.25) is 0 Å². The van der Waals surface area contributed by atoms with Crippen LogP contribution >= 0.6 is 0 Å². The first-order valence-electron chi connectivity index (χ1n) is 3.79. The SMILES string of the molecule is CCC(C)(C)C.NC(=O)N(N)N. The number of hydrogen-bond donors (Lipinski definition) is 3. The monoisotopic (exact) mass is 176 g/mol. The highest BCUT2D eigenvalue weighted by Gasteiger charge is 2.03. The summed E-state index contributed by atoms with van der Waals surface area (Å²) in [6.45, 7) is 8.94. The Morgan fingerprint density at radius 1 is 1.33 bits per heavy atom. The molecule has 0 radical (unpaired) electrons. The lowest BCUT2D eigenvalue weighted by molar-refractivity contribution is 0.210. The van der Waals surface area contributed by atoms with Crippen LogP contribution in [-0.2, 0) is 0 Å². The van der Waals surface area contributed by atoms with Gasteiger partial charge in [-0.25, -0.2) is 16.5 Å². The maximum atomic E-state index is 9.60. The van der Waals surface area contributed by atoms with Crippen molar-refractivity contribution in [3.8, 4) is 0 Å². The van der Waals surface area contributed by atoms with Gasteiger partial charge in [-0.1, -0.05) is 34.1 Å². The molecule has 5 nitrogen and oxygen atoms in total. The first kappa shape index (κ1) is 13.8. The Bertz CT molecular complexity index is 128. The van der Waals surface area contributed by atoms with Crippen LogP contribution in [0.25, 0.3) is 0 Å². The van der Waals surface area contributed by atoms with Gasteiger partial charge in [0.1, 0.15) is 0 Å². The van der Waals surface area contributed by atoms with Gasteiger partial charge in [-0.2, -0.15) is 5.12 Å². The molecule has 0 aromatic heterocycles. The van der Waals surface area contributed by atoms with Crippen molar-refractivity contribution in [1.29, 1.82) is 0 Å². The van der Waals surface area contributed by atoms with Crippen LogP contribution in [-0.4, -0.2) is 11.1 Å². The Kier molecular flexibility index (Phi) is 6.64. The molecule has 0 atom stereocenters. The van der Waals surface area contributed by atoms with Gasteiger partial charge >= 0.3 is 6.03 Å². The van der Waals surface area contributed by atoms with E-state index >= 15 is 0 Å². The van der Waals surface area contributed by atoms with E-state index in [1.54, 1.807) is 0 Å². The van der Waals surface area contributed by atoms with E-state index in [1.807, 2.05) is 0 Å². The second-order valence-electron chi connectivity index (χ2n) is 3.66. The van der Waals surface area contributed by atoms with Crippen molar-refractivity contribution in [3.05, 3.63) is 0 Å².